The van der Waals surface area contributed by atoms with E-state index in [0.29, 0.717) is 6.04 Å². The first kappa shape index (κ1) is 8.50. The van der Waals surface area contributed by atoms with Crippen LogP contribution in [-0.4, -0.2) is 6.04 Å². The molecule has 0 amide bonds. The summed E-state index contributed by atoms with van der Waals surface area (Å²) in [7, 11) is 0. The van der Waals surface area contributed by atoms with Crippen LogP contribution in [0.15, 0.2) is 12.3 Å². The van der Waals surface area contributed by atoms with Crippen molar-refractivity contribution < 1.29 is 0 Å². The molecule has 0 aliphatic rings. The maximum Gasteiger partial charge on any atom is 0.00106 e. The average molecular weight is 128 g/mol. The van der Waals surface area contributed by atoms with Gasteiger partial charge in [0.2, 0.25) is 0 Å². The maximum atomic E-state index is 5.51. The van der Waals surface area contributed by atoms with Crippen LogP contribution in [-0.2, 0) is 0 Å². The number of hydrogen-bond donors (Lipinski definition) is 2. The molecule has 0 radical (unpaired) electrons. The zero-order valence-corrected chi connectivity index (χ0v) is 6.06. The molecule has 0 aromatic rings. The molecule has 0 aromatic carbocycles. The Labute approximate surface area is 56.9 Å². The lowest BCUT2D eigenvalue weighted by Crippen LogP contribution is -2.14. The lowest BCUT2D eigenvalue weighted by molar-refractivity contribution is 0.621. The van der Waals surface area contributed by atoms with E-state index in [-0.39, 0.29) is 0 Å². The van der Waals surface area contributed by atoms with Crippen LogP contribution in [0.1, 0.15) is 26.2 Å². The average Bonchev–Trinajstić information content (AvgIpc) is 1.63. The molecule has 0 bridgehead atoms. The second-order valence-electron chi connectivity index (χ2n) is 2.53. The van der Waals surface area contributed by atoms with E-state index >= 15 is 0 Å². The number of hydrogen-bond acceptors (Lipinski definition) is 2. The molecule has 0 aliphatic heterocycles. The minimum absolute atomic E-state index is 0.296. The lowest BCUT2D eigenvalue weighted by Gasteiger charge is -2.02. The van der Waals surface area contributed by atoms with Crippen molar-refractivity contribution >= 4 is 0 Å². The Kier molecular flexibility index (Phi) is 4.14. The van der Waals surface area contributed by atoms with Crippen molar-refractivity contribution in [2.75, 3.05) is 0 Å². The predicted molar refractivity (Wildman–Crippen MR) is 40.8 cm³/mol. The summed E-state index contributed by atoms with van der Waals surface area (Å²) in [5.74, 6) is 0. The topological polar surface area (TPSA) is 52.0 Å². The highest BCUT2D eigenvalue weighted by atomic mass is 14.6. The molecule has 2 heteroatoms. The van der Waals surface area contributed by atoms with Crippen LogP contribution >= 0.6 is 0 Å². The summed E-state index contributed by atoms with van der Waals surface area (Å²) in [6, 6.07) is 0.296. The molecule has 0 spiro atoms. The maximum absolute atomic E-state index is 5.51. The Morgan fingerprint density at radius 2 is 2.22 bits per heavy atom. The molecule has 0 fully saturated rings. The first-order valence-electron chi connectivity index (χ1n) is 3.31. The molecule has 4 N–H and O–H groups in total. The van der Waals surface area contributed by atoms with Crippen molar-refractivity contribution in [2.45, 2.75) is 32.2 Å². The van der Waals surface area contributed by atoms with Crippen molar-refractivity contribution in [3.05, 3.63) is 12.3 Å². The summed E-state index contributed by atoms with van der Waals surface area (Å²) in [4.78, 5) is 0. The van der Waals surface area contributed by atoms with Crippen LogP contribution in [0.25, 0.3) is 0 Å². The van der Waals surface area contributed by atoms with Gasteiger partial charge in [-0.3, -0.25) is 0 Å². The first-order chi connectivity index (χ1) is 4.13. The number of nitrogens with two attached hydrogens (primary N) is 2. The Hall–Kier alpha value is -0.500. The van der Waals surface area contributed by atoms with Gasteiger partial charge in [0.15, 0.2) is 0 Å². The van der Waals surface area contributed by atoms with Crippen LogP contribution in [0.5, 0.6) is 0 Å². The molecule has 0 aromatic heterocycles. The van der Waals surface area contributed by atoms with Gasteiger partial charge in [-0.2, -0.15) is 0 Å². The first-order valence-corrected chi connectivity index (χ1v) is 3.31. The van der Waals surface area contributed by atoms with Gasteiger partial charge >= 0.3 is 0 Å². The van der Waals surface area contributed by atoms with Crippen LogP contribution < -0.4 is 11.5 Å². The minimum Gasteiger partial charge on any atom is -0.403 e. The molecular formula is C7H16N2. The molecule has 0 saturated heterocycles. The highest BCUT2D eigenvalue weighted by Gasteiger charge is 1.93. The van der Waals surface area contributed by atoms with Crippen LogP contribution in [0.3, 0.4) is 0 Å². The van der Waals surface area contributed by atoms with Crippen molar-refractivity contribution in [1.82, 2.24) is 0 Å². The zero-order valence-electron chi connectivity index (χ0n) is 6.06. The summed E-state index contributed by atoms with van der Waals surface area (Å²) < 4.78 is 0. The SMILES string of the molecule is C=C(N)CCCC(C)N. The van der Waals surface area contributed by atoms with E-state index in [2.05, 4.69) is 6.58 Å². The highest BCUT2D eigenvalue weighted by molar-refractivity contribution is 4.85. The van der Waals surface area contributed by atoms with Gasteiger partial charge in [-0.05, 0) is 26.2 Å². The van der Waals surface area contributed by atoms with Crippen molar-refractivity contribution in [3.8, 4) is 0 Å². The summed E-state index contributed by atoms with van der Waals surface area (Å²) in [6.07, 6.45) is 3.00. The second-order valence-corrected chi connectivity index (χ2v) is 2.53. The number of rotatable bonds is 4. The molecule has 0 saturated carbocycles. The van der Waals surface area contributed by atoms with Crippen molar-refractivity contribution in [2.24, 2.45) is 11.5 Å². The van der Waals surface area contributed by atoms with E-state index in [1.54, 1.807) is 0 Å². The fraction of sp³-hybridized carbons (Fsp3) is 0.714. The van der Waals surface area contributed by atoms with Gasteiger partial charge in [0.05, 0.1) is 0 Å². The summed E-state index contributed by atoms with van der Waals surface area (Å²) >= 11 is 0. The second kappa shape index (κ2) is 4.39. The van der Waals surface area contributed by atoms with Crippen molar-refractivity contribution in [3.63, 3.8) is 0 Å². The third-order valence-corrected chi connectivity index (χ3v) is 1.16. The molecule has 1 unspecified atom stereocenters. The third kappa shape index (κ3) is 7.50. The lowest BCUT2D eigenvalue weighted by atomic mass is 10.1. The third-order valence-electron chi connectivity index (χ3n) is 1.16. The zero-order chi connectivity index (χ0) is 7.28. The quantitative estimate of drug-likeness (QED) is 0.593. The Bertz CT molecular complexity index is 86.9. The summed E-state index contributed by atoms with van der Waals surface area (Å²) in [5.41, 5.74) is 11.6. The Morgan fingerprint density at radius 3 is 2.56 bits per heavy atom. The molecule has 0 aliphatic carbocycles. The molecule has 0 rings (SSSR count). The number of allylic oxidation sites excluding steroid dienone is 1. The fourth-order valence-electron chi connectivity index (χ4n) is 0.651. The van der Waals surface area contributed by atoms with E-state index in [0.717, 1.165) is 25.0 Å². The molecule has 1 atom stereocenters. The highest BCUT2D eigenvalue weighted by Crippen LogP contribution is 2.00. The Balaban J connectivity index is 3.01. The van der Waals surface area contributed by atoms with Crippen LogP contribution in [0, 0.1) is 0 Å². The predicted octanol–water partition coefficient (Wildman–Crippen LogP) is 0.976. The standard InChI is InChI=1S/C7H16N2/c1-6(8)4-3-5-7(2)9/h7H,1,3-5,8-9H2,2H3. The molecule has 2 nitrogen and oxygen atoms in total. The van der Waals surface area contributed by atoms with Crippen LogP contribution in [0.4, 0.5) is 0 Å². The summed E-state index contributed by atoms with van der Waals surface area (Å²) in [5, 5.41) is 0. The molecule has 0 heterocycles. The smallest absolute Gasteiger partial charge is 0.00106 e. The van der Waals surface area contributed by atoms with Gasteiger partial charge in [0.1, 0.15) is 0 Å². The van der Waals surface area contributed by atoms with E-state index < -0.39 is 0 Å². The van der Waals surface area contributed by atoms with Gasteiger partial charge < -0.3 is 11.5 Å². The van der Waals surface area contributed by atoms with Gasteiger partial charge in [0, 0.05) is 11.7 Å². The van der Waals surface area contributed by atoms with E-state index in [9.17, 15) is 0 Å². The Morgan fingerprint density at radius 1 is 1.67 bits per heavy atom. The molecule has 9 heavy (non-hydrogen) atoms. The monoisotopic (exact) mass is 128 g/mol. The van der Waals surface area contributed by atoms with E-state index in [4.69, 9.17) is 11.5 Å². The van der Waals surface area contributed by atoms with Gasteiger partial charge in [-0.15, -0.1) is 0 Å². The summed E-state index contributed by atoms with van der Waals surface area (Å²) in [6.45, 7) is 5.59. The minimum atomic E-state index is 0.296. The molecular weight excluding hydrogens is 112 g/mol. The van der Waals surface area contributed by atoms with Gasteiger partial charge in [-0.1, -0.05) is 6.58 Å². The molecule has 54 valence electrons. The van der Waals surface area contributed by atoms with Gasteiger partial charge in [-0.25, -0.2) is 0 Å². The van der Waals surface area contributed by atoms with Gasteiger partial charge in [0.25, 0.3) is 0 Å². The largest absolute Gasteiger partial charge is 0.403 e. The van der Waals surface area contributed by atoms with Crippen LogP contribution in [0.2, 0.25) is 0 Å². The fourth-order valence-corrected chi connectivity index (χ4v) is 0.651. The van der Waals surface area contributed by atoms with Crippen molar-refractivity contribution in [1.29, 1.82) is 0 Å². The van der Waals surface area contributed by atoms with E-state index in [1.165, 1.54) is 0 Å². The normalized spacial score (nSPS) is 13.1. The van der Waals surface area contributed by atoms with E-state index in [1.807, 2.05) is 6.92 Å².